The number of rotatable bonds is 4. The highest BCUT2D eigenvalue weighted by Gasteiger charge is 2.33. The summed E-state index contributed by atoms with van der Waals surface area (Å²) in [6.45, 7) is -0.0280. The van der Waals surface area contributed by atoms with Crippen molar-refractivity contribution in [2.24, 2.45) is 0 Å². The zero-order chi connectivity index (χ0) is 17.3. The summed E-state index contributed by atoms with van der Waals surface area (Å²) in [4.78, 5) is 31.1. The third-order valence-corrected chi connectivity index (χ3v) is 4.01. The van der Waals surface area contributed by atoms with Crippen molar-refractivity contribution in [1.29, 1.82) is 0 Å². The Hall–Kier alpha value is -2.76. The number of Topliss-reactive ketones (excluding diaryl/α,β-unsaturated/α-hetero) is 2. The standard InChI is InChI=1S/C19H17NO4/c1-20(2)14-6-3-12(4-7-14)9-17-18(21)15-8-5-13(11-24-23)10-16(15)19(17)22/h3-10,23H,11H2,1-2H3. The summed E-state index contributed by atoms with van der Waals surface area (Å²) >= 11 is 0. The van der Waals surface area contributed by atoms with Crippen LogP contribution < -0.4 is 4.90 Å². The van der Waals surface area contributed by atoms with Gasteiger partial charge in [0.1, 0.15) is 6.61 Å². The van der Waals surface area contributed by atoms with Crippen molar-refractivity contribution in [1.82, 2.24) is 0 Å². The van der Waals surface area contributed by atoms with Crippen molar-refractivity contribution in [3.05, 3.63) is 70.3 Å². The molecule has 0 saturated carbocycles. The number of hydrogen-bond donors (Lipinski definition) is 1. The molecule has 3 rings (SSSR count). The first-order chi connectivity index (χ1) is 11.5. The molecule has 0 heterocycles. The normalized spacial score (nSPS) is 15.0. The highest BCUT2D eigenvalue weighted by atomic mass is 17.1. The average Bonchev–Trinajstić information content (AvgIpc) is 2.80. The maximum atomic E-state index is 12.5. The fourth-order valence-electron chi connectivity index (χ4n) is 2.70. The molecule has 0 aliphatic heterocycles. The van der Waals surface area contributed by atoms with Crippen LogP contribution in [0.2, 0.25) is 0 Å². The molecule has 0 atom stereocenters. The topological polar surface area (TPSA) is 66.8 Å². The largest absolute Gasteiger partial charge is 0.378 e. The van der Waals surface area contributed by atoms with Crippen LogP contribution in [0, 0.1) is 0 Å². The summed E-state index contributed by atoms with van der Waals surface area (Å²) in [5, 5.41) is 8.53. The number of hydrogen-bond acceptors (Lipinski definition) is 5. The molecule has 0 bridgehead atoms. The van der Waals surface area contributed by atoms with Gasteiger partial charge in [0.15, 0.2) is 11.6 Å². The Morgan fingerprint density at radius 2 is 1.67 bits per heavy atom. The van der Waals surface area contributed by atoms with Crippen LogP contribution in [0.1, 0.15) is 31.8 Å². The van der Waals surface area contributed by atoms with E-state index in [1.54, 1.807) is 24.3 Å². The minimum atomic E-state index is -0.300. The molecule has 5 heteroatoms. The van der Waals surface area contributed by atoms with Crippen molar-refractivity contribution in [3.8, 4) is 0 Å². The molecule has 2 aromatic carbocycles. The summed E-state index contributed by atoms with van der Waals surface area (Å²) in [6.07, 6.45) is 1.62. The number of carbonyl (C=O) groups is 2. The first-order valence-corrected chi connectivity index (χ1v) is 7.49. The second kappa shape index (κ2) is 6.39. The molecule has 122 valence electrons. The van der Waals surface area contributed by atoms with Gasteiger partial charge in [0.2, 0.25) is 0 Å². The van der Waals surface area contributed by atoms with Crippen LogP contribution in [0.25, 0.3) is 6.08 Å². The summed E-state index contributed by atoms with van der Waals surface area (Å²) in [5.74, 6) is -0.574. The van der Waals surface area contributed by atoms with Gasteiger partial charge in [-0.3, -0.25) is 14.8 Å². The quantitative estimate of drug-likeness (QED) is 0.405. The zero-order valence-electron chi connectivity index (χ0n) is 13.4. The molecule has 1 N–H and O–H groups in total. The molecule has 0 amide bonds. The van der Waals surface area contributed by atoms with Crippen LogP contribution in [0.3, 0.4) is 0 Å². The van der Waals surface area contributed by atoms with Crippen LogP contribution in [-0.4, -0.2) is 30.9 Å². The fourth-order valence-corrected chi connectivity index (χ4v) is 2.70. The minimum Gasteiger partial charge on any atom is -0.378 e. The van der Waals surface area contributed by atoms with Gasteiger partial charge >= 0.3 is 0 Å². The van der Waals surface area contributed by atoms with Gasteiger partial charge in [0, 0.05) is 30.9 Å². The number of nitrogens with zero attached hydrogens (tertiary/aromatic N) is 1. The molecule has 0 saturated heterocycles. The lowest BCUT2D eigenvalue weighted by Gasteiger charge is -2.11. The molecule has 0 spiro atoms. The number of fused-ring (bicyclic) bond motifs is 1. The predicted molar refractivity (Wildman–Crippen MR) is 91.3 cm³/mol. The molecule has 2 aromatic rings. The molecular weight excluding hydrogens is 306 g/mol. The molecule has 0 unspecified atom stereocenters. The lowest BCUT2D eigenvalue weighted by atomic mass is 10.1. The van der Waals surface area contributed by atoms with Gasteiger partial charge in [0.05, 0.1) is 5.57 Å². The van der Waals surface area contributed by atoms with E-state index in [1.165, 1.54) is 0 Å². The molecule has 0 radical (unpaired) electrons. The van der Waals surface area contributed by atoms with E-state index >= 15 is 0 Å². The van der Waals surface area contributed by atoms with Crippen molar-refractivity contribution in [2.45, 2.75) is 6.61 Å². The Kier molecular flexibility index (Phi) is 4.29. The van der Waals surface area contributed by atoms with Crippen molar-refractivity contribution >= 4 is 23.3 Å². The van der Waals surface area contributed by atoms with E-state index in [-0.39, 0.29) is 23.7 Å². The summed E-state index contributed by atoms with van der Waals surface area (Å²) in [6, 6.07) is 12.4. The van der Waals surface area contributed by atoms with Crippen molar-refractivity contribution < 1.29 is 19.7 Å². The predicted octanol–water partition coefficient (Wildman–Crippen LogP) is 3.20. The third kappa shape index (κ3) is 2.87. The monoisotopic (exact) mass is 323 g/mol. The van der Waals surface area contributed by atoms with Gasteiger partial charge in [-0.25, -0.2) is 4.89 Å². The van der Waals surface area contributed by atoms with E-state index in [4.69, 9.17) is 5.26 Å². The second-order valence-electron chi connectivity index (χ2n) is 5.86. The van der Waals surface area contributed by atoms with Gasteiger partial charge in [-0.15, -0.1) is 0 Å². The number of anilines is 1. The Labute approximate surface area is 139 Å². The minimum absolute atomic E-state index is 0.0280. The Balaban J connectivity index is 1.95. The van der Waals surface area contributed by atoms with E-state index in [9.17, 15) is 9.59 Å². The lowest BCUT2D eigenvalue weighted by molar-refractivity contribution is -0.253. The van der Waals surface area contributed by atoms with E-state index < -0.39 is 0 Å². The van der Waals surface area contributed by atoms with Crippen LogP contribution >= 0.6 is 0 Å². The smallest absolute Gasteiger partial charge is 0.197 e. The number of carbonyl (C=O) groups excluding carboxylic acids is 2. The van der Waals surface area contributed by atoms with E-state index in [0.717, 1.165) is 11.3 Å². The SMILES string of the molecule is CN(C)c1ccc(C=C2C(=O)c3ccc(COO)cc3C2=O)cc1. The van der Waals surface area contributed by atoms with Crippen molar-refractivity contribution in [3.63, 3.8) is 0 Å². The maximum Gasteiger partial charge on any atom is 0.197 e. The first kappa shape index (κ1) is 16.1. The Morgan fingerprint density at radius 1 is 1.00 bits per heavy atom. The lowest BCUT2D eigenvalue weighted by Crippen LogP contribution is -2.08. The van der Waals surface area contributed by atoms with Gasteiger partial charge < -0.3 is 4.90 Å². The van der Waals surface area contributed by atoms with Crippen LogP contribution in [-0.2, 0) is 11.5 Å². The van der Waals surface area contributed by atoms with Crippen LogP contribution in [0.5, 0.6) is 0 Å². The van der Waals surface area contributed by atoms with E-state index in [2.05, 4.69) is 4.89 Å². The maximum absolute atomic E-state index is 12.5. The van der Waals surface area contributed by atoms with Gasteiger partial charge in [-0.2, -0.15) is 0 Å². The molecule has 1 aliphatic carbocycles. The molecule has 0 aromatic heterocycles. The summed E-state index contributed by atoms with van der Waals surface area (Å²) < 4.78 is 0. The Morgan fingerprint density at radius 3 is 2.29 bits per heavy atom. The summed E-state index contributed by atoms with van der Waals surface area (Å²) in [5.41, 5.74) is 3.37. The van der Waals surface area contributed by atoms with E-state index in [1.807, 2.05) is 43.3 Å². The van der Waals surface area contributed by atoms with Crippen LogP contribution in [0.4, 0.5) is 5.69 Å². The molecule has 1 aliphatic rings. The fraction of sp³-hybridized carbons (Fsp3) is 0.158. The van der Waals surface area contributed by atoms with Gasteiger partial charge in [0.25, 0.3) is 0 Å². The number of benzene rings is 2. The number of ketones is 2. The summed E-state index contributed by atoms with van der Waals surface area (Å²) in [7, 11) is 3.89. The second-order valence-corrected chi connectivity index (χ2v) is 5.86. The highest BCUT2D eigenvalue weighted by molar-refractivity contribution is 6.41. The van der Waals surface area contributed by atoms with Gasteiger partial charge in [-0.1, -0.05) is 18.2 Å². The van der Waals surface area contributed by atoms with Crippen LogP contribution in [0.15, 0.2) is 48.0 Å². The molecule has 0 fully saturated rings. The van der Waals surface area contributed by atoms with Gasteiger partial charge in [-0.05, 0) is 41.5 Å². The zero-order valence-corrected chi connectivity index (χ0v) is 13.4. The molecule has 24 heavy (non-hydrogen) atoms. The first-order valence-electron chi connectivity index (χ1n) is 7.49. The number of allylic oxidation sites excluding steroid dienone is 1. The highest BCUT2D eigenvalue weighted by Crippen LogP contribution is 2.29. The average molecular weight is 323 g/mol. The third-order valence-electron chi connectivity index (χ3n) is 4.01. The van der Waals surface area contributed by atoms with Crippen molar-refractivity contribution in [2.75, 3.05) is 19.0 Å². The van der Waals surface area contributed by atoms with E-state index in [0.29, 0.717) is 16.7 Å². The Bertz CT molecular complexity index is 835. The molecular formula is C19H17NO4. The molecule has 5 nitrogen and oxygen atoms in total.